The van der Waals surface area contributed by atoms with Gasteiger partial charge in [-0.05, 0) is 55.0 Å². The molecule has 1 aromatic carbocycles. The van der Waals surface area contributed by atoms with Gasteiger partial charge in [0, 0.05) is 36.2 Å². The lowest BCUT2D eigenvalue weighted by Crippen LogP contribution is -2.14. The minimum absolute atomic E-state index is 0.291. The Morgan fingerprint density at radius 1 is 0.966 bits per heavy atom. The first kappa shape index (κ1) is 18.2. The quantitative estimate of drug-likeness (QED) is 0.524. The van der Waals surface area contributed by atoms with Crippen LogP contribution in [0.15, 0.2) is 67.3 Å². The Labute approximate surface area is 166 Å². The van der Waals surface area contributed by atoms with Crippen molar-refractivity contribution in [2.45, 2.75) is 13.5 Å². The van der Waals surface area contributed by atoms with E-state index in [1.807, 2.05) is 31.2 Å². The van der Waals surface area contributed by atoms with Gasteiger partial charge in [-0.3, -0.25) is 9.78 Å². The Bertz CT molecular complexity index is 1090. The summed E-state index contributed by atoms with van der Waals surface area (Å²) in [5.41, 5.74) is 3.48. The number of amides is 1. The highest BCUT2D eigenvalue weighted by Crippen LogP contribution is 2.17. The maximum absolute atomic E-state index is 12.6. The highest BCUT2D eigenvalue weighted by Gasteiger charge is 2.17. The molecule has 3 aromatic heterocycles. The zero-order valence-electron chi connectivity index (χ0n) is 15.6. The standard InChI is InChI=1S/C20H18N8O/c1-14-18(26-27-28(14)13-15-7-11-21-12-8-15)19(29)24-16-3-5-17(6-4-16)25-20-22-9-2-10-23-20/h2-12H,13H2,1H3,(H,24,29)(H,22,23,25). The largest absolute Gasteiger partial charge is 0.324 e. The van der Waals surface area contributed by atoms with Crippen LogP contribution in [0.25, 0.3) is 0 Å². The maximum Gasteiger partial charge on any atom is 0.278 e. The van der Waals surface area contributed by atoms with Crippen molar-refractivity contribution in [1.29, 1.82) is 0 Å². The van der Waals surface area contributed by atoms with Crippen LogP contribution in [-0.2, 0) is 6.54 Å². The van der Waals surface area contributed by atoms with E-state index in [9.17, 15) is 4.79 Å². The van der Waals surface area contributed by atoms with Crippen molar-refractivity contribution in [2.75, 3.05) is 10.6 Å². The molecular weight excluding hydrogens is 368 g/mol. The summed E-state index contributed by atoms with van der Waals surface area (Å²) < 4.78 is 1.69. The second-order valence-corrected chi connectivity index (χ2v) is 6.27. The summed E-state index contributed by atoms with van der Waals surface area (Å²) in [7, 11) is 0. The number of benzene rings is 1. The van der Waals surface area contributed by atoms with Crippen LogP contribution in [0.2, 0.25) is 0 Å². The number of carbonyl (C=O) groups excluding carboxylic acids is 1. The number of nitrogens with zero attached hydrogens (tertiary/aromatic N) is 6. The molecule has 0 saturated heterocycles. The monoisotopic (exact) mass is 386 g/mol. The summed E-state index contributed by atoms with van der Waals surface area (Å²) >= 11 is 0. The first-order chi connectivity index (χ1) is 14.2. The van der Waals surface area contributed by atoms with Crippen molar-refractivity contribution >= 4 is 23.2 Å². The molecule has 0 spiro atoms. The van der Waals surface area contributed by atoms with Gasteiger partial charge in [-0.1, -0.05) is 5.21 Å². The predicted molar refractivity (Wildman–Crippen MR) is 108 cm³/mol. The van der Waals surface area contributed by atoms with Gasteiger partial charge in [-0.15, -0.1) is 5.10 Å². The molecule has 9 nitrogen and oxygen atoms in total. The topological polar surface area (TPSA) is 111 Å². The number of carbonyl (C=O) groups is 1. The summed E-state index contributed by atoms with van der Waals surface area (Å²) in [6, 6.07) is 12.8. The number of anilines is 3. The van der Waals surface area contributed by atoms with Gasteiger partial charge in [0.05, 0.1) is 12.2 Å². The van der Waals surface area contributed by atoms with Crippen LogP contribution in [-0.4, -0.2) is 35.9 Å². The van der Waals surface area contributed by atoms with Crippen molar-refractivity contribution < 1.29 is 4.79 Å². The Morgan fingerprint density at radius 2 is 1.66 bits per heavy atom. The third-order valence-electron chi connectivity index (χ3n) is 4.24. The highest BCUT2D eigenvalue weighted by atomic mass is 16.2. The van der Waals surface area contributed by atoms with Gasteiger partial charge >= 0.3 is 0 Å². The van der Waals surface area contributed by atoms with E-state index in [4.69, 9.17) is 0 Å². The SMILES string of the molecule is Cc1c(C(=O)Nc2ccc(Nc3ncccn3)cc2)nnn1Cc1ccncc1. The third-order valence-corrected chi connectivity index (χ3v) is 4.24. The van der Waals surface area contributed by atoms with Crippen LogP contribution in [0.1, 0.15) is 21.7 Å². The summed E-state index contributed by atoms with van der Waals surface area (Å²) in [4.78, 5) is 24.8. The van der Waals surface area contributed by atoms with Crippen LogP contribution in [0, 0.1) is 6.92 Å². The molecular formula is C20H18N8O. The number of aromatic nitrogens is 6. The van der Waals surface area contributed by atoms with Crippen LogP contribution in [0.4, 0.5) is 17.3 Å². The molecule has 0 aliphatic heterocycles. The van der Waals surface area contributed by atoms with Crippen LogP contribution in [0.5, 0.6) is 0 Å². The molecule has 0 bridgehead atoms. The van der Waals surface area contributed by atoms with Crippen molar-refractivity contribution in [3.05, 3.63) is 84.2 Å². The summed E-state index contributed by atoms with van der Waals surface area (Å²) in [5, 5.41) is 14.1. The lowest BCUT2D eigenvalue weighted by atomic mass is 10.2. The number of hydrogen-bond acceptors (Lipinski definition) is 7. The smallest absolute Gasteiger partial charge is 0.278 e. The fourth-order valence-corrected chi connectivity index (χ4v) is 2.70. The van der Waals surface area contributed by atoms with Gasteiger partial charge in [0.25, 0.3) is 5.91 Å². The summed E-state index contributed by atoms with van der Waals surface area (Å²) in [6.45, 7) is 2.35. The minimum atomic E-state index is -0.310. The Balaban J connectivity index is 1.41. The first-order valence-electron chi connectivity index (χ1n) is 8.93. The fourth-order valence-electron chi connectivity index (χ4n) is 2.70. The van der Waals surface area contributed by atoms with Crippen LogP contribution in [0.3, 0.4) is 0 Å². The van der Waals surface area contributed by atoms with Gasteiger partial charge in [0.2, 0.25) is 5.95 Å². The molecule has 0 unspecified atom stereocenters. The van der Waals surface area contributed by atoms with Crippen molar-refractivity contribution in [1.82, 2.24) is 29.9 Å². The van der Waals surface area contributed by atoms with E-state index < -0.39 is 0 Å². The van der Waals surface area contributed by atoms with E-state index >= 15 is 0 Å². The molecule has 29 heavy (non-hydrogen) atoms. The minimum Gasteiger partial charge on any atom is -0.324 e. The zero-order chi connectivity index (χ0) is 20.1. The van der Waals surface area contributed by atoms with Gasteiger partial charge in [0.15, 0.2) is 5.69 Å². The van der Waals surface area contributed by atoms with E-state index in [0.717, 1.165) is 11.3 Å². The molecule has 4 aromatic rings. The summed E-state index contributed by atoms with van der Waals surface area (Å²) in [6.07, 6.45) is 6.76. The van der Waals surface area contributed by atoms with Gasteiger partial charge in [-0.25, -0.2) is 14.6 Å². The molecule has 3 heterocycles. The molecule has 2 N–H and O–H groups in total. The van der Waals surface area contributed by atoms with Crippen molar-refractivity contribution in [2.24, 2.45) is 0 Å². The number of rotatable bonds is 6. The van der Waals surface area contributed by atoms with Crippen molar-refractivity contribution in [3.63, 3.8) is 0 Å². The number of nitrogens with one attached hydrogen (secondary N) is 2. The molecule has 0 fully saturated rings. The molecule has 0 aliphatic carbocycles. The Morgan fingerprint density at radius 3 is 2.38 bits per heavy atom. The molecule has 144 valence electrons. The zero-order valence-corrected chi connectivity index (χ0v) is 15.6. The lowest BCUT2D eigenvalue weighted by Gasteiger charge is -2.07. The predicted octanol–water partition coefficient (Wildman–Crippen LogP) is 2.82. The van der Waals surface area contributed by atoms with E-state index in [1.165, 1.54) is 0 Å². The maximum atomic E-state index is 12.6. The Kier molecular flexibility index (Phi) is 5.19. The van der Waals surface area contributed by atoms with E-state index in [2.05, 4.69) is 35.9 Å². The fraction of sp³-hybridized carbons (Fsp3) is 0.100. The summed E-state index contributed by atoms with van der Waals surface area (Å²) in [5.74, 6) is 0.196. The molecule has 4 rings (SSSR count). The van der Waals surface area contributed by atoms with Gasteiger partial charge < -0.3 is 10.6 Å². The lowest BCUT2D eigenvalue weighted by molar-refractivity contribution is 0.102. The average Bonchev–Trinajstić information content (AvgIpc) is 3.11. The molecule has 0 saturated carbocycles. The van der Waals surface area contributed by atoms with E-state index in [-0.39, 0.29) is 5.91 Å². The first-order valence-corrected chi connectivity index (χ1v) is 8.93. The molecule has 0 radical (unpaired) electrons. The van der Waals surface area contributed by atoms with Gasteiger partial charge in [-0.2, -0.15) is 0 Å². The second kappa shape index (κ2) is 8.26. The molecule has 0 atom stereocenters. The Hall–Kier alpha value is -4.14. The molecule has 9 heteroatoms. The van der Waals surface area contributed by atoms with E-state index in [0.29, 0.717) is 29.6 Å². The number of pyridine rings is 1. The number of hydrogen-bond donors (Lipinski definition) is 2. The van der Waals surface area contributed by atoms with Gasteiger partial charge in [0.1, 0.15) is 0 Å². The van der Waals surface area contributed by atoms with Crippen LogP contribution >= 0.6 is 0 Å². The molecule has 0 aliphatic rings. The normalized spacial score (nSPS) is 10.5. The van der Waals surface area contributed by atoms with Crippen LogP contribution < -0.4 is 10.6 Å². The third kappa shape index (κ3) is 4.41. The van der Waals surface area contributed by atoms with E-state index in [1.54, 1.807) is 47.7 Å². The van der Waals surface area contributed by atoms with Crippen molar-refractivity contribution in [3.8, 4) is 0 Å². The second-order valence-electron chi connectivity index (χ2n) is 6.27. The average molecular weight is 386 g/mol. The highest BCUT2D eigenvalue weighted by molar-refractivity contribution is 6.03. The molecule has 1 amide bonds.